The van der Waals surface area contributed by atoms with Crippen LogP contribution in [0.5, 0.6) is 0 Å². The third-order valence-electron chi connectivity index (χ3n) is 4.57. The molecule has 6 heteroatoms. The molecule has 0 radical (unpaired) electrons. The van der Waals surface area contributed by atoms with Crippen LogP contribution in [-0.4, -0.2) is 20.0 Å². The van der Waals surface area contributed by atoms with Crippen molar-refractivity contribution >= 4 is 5.82 Å². The van der Waals surface area contributed by atoms with Crippen LogP contribution in [0.3, 0.4) is 0 Å². The second-order valence-corrected chi connectivity index (χ2v) is 6.73. The van der Waals surface area contributed by atoms with Gasteiger partial charge in [-0.05, 0) is 35.7 Å². The van der Waals surface area contributed by atoms with E-state index in [0.29, 0.717) is 12.5 Å². The van der Waals surface area contributed by atoms with E-state index in [1.54, 1.807) is 12.1 Å². The summed E-state index contributed by atoms with van der Waals surface area (Å²) in [6.07, 6.45) is 1.91. The van der Waals surface area contributed by atoms with Crippen molar-refractivity contribution in [3.05, 3.63) is 70.9 Å². The van der Waals surface area contributed by atoms with Crippen molar-refractivity contribution in [2.75, 3.05) is 4.90 Å². The Hall–Kier alpha value is -2.76. The van der Waals surface area contributed by atoms with Crippen LogP contribution in [0.25, 0.3) is 0 Å². The van der Waals surface area contributed by atoms with E-state index in [1.165, 1.54) is 23.4 Å². The molecule has 2 aromatic heterocycles. The van der Waals surface area contributed by atoms with Gasteiger partial charge < -0.3 is 4.90 Å². The topological polar surface area (TPSA) is 46.8 Å². The molecule has 25 heavy (non-hydrogen) atoms. The van der Waals surface area contributed by atoms with E-state index in [2.05, 4.69) is 34.0 Å². The highest BCUT2D eigenvalue weighted by molar-refractivity contribution is 5.44. The summed E-state index contributed by atoms with van der Waals surface area (Å²) in [7, 11) is 0. The van der Waals surface area contributed by atoms with E-state index in [0.717, 1.165) is 30.2 Å². The van der Waals surface area contributed by atoms with Gasteiger partial charge in [0.1, 0.15) is 5.82 Å². The highest BCUT2D eigenvalue weighted by Crippen LogP contribution is 2.27. The third kappa shape index (κ3) is 3.12. The minimum absolute atomic E-state index is 0.218. The molecule has 1 aliphatic heterocycles. The zero-order chi connectivity index (χ0) is 17.4. The van der Waals surface area contributed by atoms with E-state index < -0.39 is 0 Å². The van der Waals surface area contributed by atoms with E-state index in [1.807, 2.05) is 23.0 Å². The molecule has 5 nitrogen and oxygen atoms in total. The number of hydrogen-bond acceptors (Lipinski definition) is 4. The quantitative estimate of drug-likeness (QED) is 0.731. The number of nitrogens with zero attached hydrogens (tertiary/aromatic N) is 5. The molecule has 0 saturated carbocycles. The van der Waals surface area contributed by atoms with Crippen LogP contribution >= 0.6 is 0 Å². The van der Waals surface area contributed by atoms with Crippen molar-refractivity contribution in [2.24, 2.45) is 0 Å². The summed E-state index contributed by atoms with van der Waals surface area (Å²) < 4.78 is 15.0. The average Bonchev–Trinajstić information content (AvgIpc) is 3.19. The Morgan fingerprint density at radius 2 is 1.84 bits per heavy atom. The second kappa shape index (κ2) is 6.27. The minimum atomic E-state index is -0.218. The van der Waals surface area contributed by atoms with Crippen LogP contribution in [0.2, 0.25) is 0 Å². The highest BCUT2D eigenvalue weighted by Gasteiger charge is 2.25. The zero-order valence-corrected chi connectivity index (χ0v) is 14.4. The second-order valence-electron chi connectivity index (χ2n) is 6.73. The summed E-state index contributed by atoms with van der Waals surface area (Å²) in [5, 5.41) is 13.2. The van der Waals surface area contributed by atoms with Gasteiger partial charge in [0, 0.05) is 12.1 Å². The number of anilines is 1. The summed E-state index contributed by atoms with van der Waals surface area (Å²) in [5.41, 5.74) is 4.42. The molecule has 0 fully saturated rings. The Morgan fingerprint density at radius 1 is 1.04 bits per heavy atom. The highest BCUT2D eigenvalue weighted by atomic mass is 19.1. The van der Waals surface area contributed by atoms with Gasteiger partial charge in [-0.1, -0.05) is 26.0 Å². The minimum Gasteiger partial charge on any atom is -0.345 e. The largest absolute Gasteiger partial charge is 0.345 e. The number of aromatic nitrogens is 4. The van der Waals surface area contributed by atoms with Gasteiger partial charge in [-0.3, -0.25) is 4.68 Å². The third-order valence-corrected chi connectivity index (χ3v) is 4.57. The molecule has 128 valence electrons. The number of benzene rings is 1. The first-order valence-electron chi connectivity index (χ1n) is 8.47. The van der Waals surface area contributed by atoms with Crippen LogP contribution in [0, 0.1) is 5.82 Å². The smallest absolute Gasteiger partial charge is 0.151 e. The Kier molecular flexibility index (Phi) is 3.95. The van der Waals surface area contributed by atoms with Crippen LogP contribution in [0.15, 0.2) is 42.6 Å². The molecule has 0 amide bonds. The number of rotatable bonds is 4. The van der Waals surface area contributed by atoms with Gasteiger partial charge in [-0.15, -0.1) is 5.10 Å². The Morgan fingerprint density at radius 3 is 2.52 bits per heavy atom. The zero-order valence-electron chi connectivity index (χ0n) is 14.4. The van der Waals surface area contributed by atoms with Gasteiger partial charge in [0.25, 0.3) is 0 Å². The number of halogens is 1. The van der Waals surface area contributed by atoms with Crippen molar-refractivity contribution in [1.82, 2.24) is 20.0 Å². The molecule has 1 aliphatic rings. The lowest BCUT2D eigenvalue weighted by molar-refractivity contribution is 0.620. The molecule has 0 unspecified atom stereocenters. The van der Waals surface area contributed by atoms with Gasteiger partial charge in [-0.2, -0.15) is 10.2 Å². The van der Waals surface area contributed by atoms with E-state index in [9.17, 15) is 4.39 Å². The Bertz CT molecular complexity index is 868. The Labute approximate surface area is 146 Å². The van der Waals surface area contributed by atoms with Crippen molar-refractivity contribution in [3.63, 3.8) is 0 Å². The molecular weight excluding hydrogens is 317 g/mol. The van der Waals surface area contributed by atoms with Crippen LogP contribution in [-0.2, 0) is 19.6 Å². The summed E-state index contributed by atoms with van der Waals surface area (Å²) >= 11 is 0. The fraction of sp³-hybridized carbons (Fsp3) is 0.316. The van der Waals surface area contributed by atoms with Crippen molar-refractivity contribution < 1.29 is 4.39 Å². The molecule has 3 heterocycles. The van der Waals surface area contributed by atoms with E-state index in [-0.39, 0.29) is 5.82 Å². The normalized spacial score (nSPS) is 13.5. The summed E-state index contributed by atoms with van der Waals surface area (Å²) in [5.74, 6) is 1.04. The molecule has 0 atom stereocenters. The molecule has 0 spiro atoms. The standard InChI is InChI=1S/C19H20FN5/c1-13(2)17-7-8-19(23-22-17)24-11-15-9-21-25(18(15)12-24)10-14-3-5-16(20)6-4-14/h3-9,13H,10-12H2,1-2H3. The fourth-order valence-electron chi connectivity index (χ4n) is 3.08. The van der Waals surface area contributed by atoms with Crippen LogP contribution in [0.1, 0.15) is 42.3 Å². The predicted octanol–water partition coefficient (Wildman–Crippen LogP) is 3.50. The monoisotopic (exact) mass is 337 g/mol. The average molecular weight is 337 g/mol. The summed E-state index contributed by atoms with van der Waals surface area (Å²) in [6, 6.07) is 10.6. The first-order chi connectivity index (χ1) is 12.1. The molecule has 0 saturated heterocycles. The Balaban J connectivity index is 1.51. The van der Waals surface area contributed by atoms with Crippen molar-refractivity contribution in [2.45, 2.75) is 39.4 Å². The molecule has 0 bridgehead atoms. The van der Waals surface area contributed by atoms with Crippen LogP contribution in [0.4, 0.5) is 10.2 Å². The molecule has 4 rings (SSSR count). The number of hydrogen-bond donors (Lipinski definition) is 0. The lowest BCUT2D eigenvalue weighted by atomic mass is 10.1. The predicted molar refractivity (Wildman–Crippen MR) is 93.7 cm³/mol. The maximum atomic E-state index is 13.1. The fourth-order valence-corrected chi connectivity index (χ4v) is 3.08. The van der Waals surface area contributed by atoms with Crippen molar-refractivity contribution in [3.8, 4) is 0 Å². The molecule has 0 N–H and O–H groups in total. The molecule has 0 aliphatic carbocycles. The maximum absolute atomic E-state index is 13.1. The van der Waals surface area contributed by atoms with Crippen LogP contribution < -0.4 is 4.90 Å². The lowest BCUT2D eigenvalue weighted by Gasteiger charge is -2.17. The summed E-state index contributed by atoms with van der Waals surface area (Å²) in [4.78, 5) is 2.20. The van der Waals surface area contributed by atoms with E-state index >= 15 is 0 Å². The summed E-state index contributed by atoms with van der Waals surface area (Å²) in [6.45, 7) is 6.40. The van der Waals surface area contributed by atoms with E-state index in [4.69, 9.17) is 0 Å². The van der Waals surface area contributed by atoms with Crippen molar-refractivity contribution in [1.29, 1.82) is 0 Å². The van der Waals surface area contributed by atoms with Gasteiger partial charge in [0.2, 0.25) is 0 Å². The maximum Gasteiger partial charge on any atom is 0.151 e. The van der Waals surface area contributed by atoms with Gasteiger partial charge in [0.15, 0.2) is 5.82 Å². The molecule has 1 aromatic carbocycles. The molecule has 3 aromatic rings. The molecular formula is C19H20FN5. The van der Waals surface area contributed by atoms with Gasteiger partial charge in [0.05, 0.1) is 30.7 Å². The first-order valence-corrected chi connectivity index (χ1v) is 8.47. The van der Waals surface area contributed by atoms with Gasteiger partial charge >= 0.3 is 0 Å². The number of fused-ring (bicyclic) bond motifs is 1. The first kappa shape index (κ1) is 15.7. The SMILES string of the molecule is CC(C)c1ccc(N2Cc3cnn(Cc4ccc(F)cc4)c3C2)nn1. The van der Waals surface area contributed by atoms with Gasteiger partial charge in [-0.25, -0.2) is 4.39 Å². The lowest BCUT2D eigenvalue weighted by Crippen LogP contribution is -2.19.